The number of aryl methyl sites for hydroxylation is 3. The molecule has 0 fully saturated rings. The van der Waals surface area contributed by atoms with Crippen LogP contribution in [0.2, 0.25) is 0 Å². The van der Waals surface area contributed by atoms with Crippen molar-refractivity contribution in [2.45, 2.75) is 39.5 Å². The van der Waals surface area contributed by atoms with Gasteiger partial charge in [0.05, 0.1) is 5.92 Å². The molecule has 1 N–H and O–H groups in total. The lowest BCUT2D eigenvalue weighted by atomic mass is 9.95. The molecule has 1 unspecified atom stereocenters. The van der Waals surface area contributed by atoms with Gasteiger partial charge in [-0.15, -0.1) is 10.2 Å². The van der Waals surface area contributed by atoms with Crippen LogP contribution in [0, 0.1) is 13.8 Å². The van der Waals surface area contributed by atoms with Crippen LogP contribution in [0.15, 0.2) is 52.9 Å². The number of aromatic nitrogens is 2. The maximum absolute atomic E-state index is 12.8. The molecule has 1 aromatic heterocycles. The highest BCUT2D eigenvalue weighted by molar-refractivity contribution is 5.93. The first kappa shape index (κ1) is 17.9. The van der Waals surface area contributed by atoms with Crippen LogP contribution in [0.5, 0.6) is 0 Å². The van der Waals surface area contributed by atoms with Crippen LogP contribution in [0.4, 0.5) is 5.69 Å². The average Bonchev–Trinajstić information content (AvgIpc) is 3.08. The zero-order chi connectivity index (χ0) is 18.5. The standard InChI is InChI=1S/C21H23N3O2/c1-4-16-12-8-9-14(2)20(16)22-19(25)13-18(17-10-6-5-7-11-17)21-24-23-15(3)26-21/h5-12,18H,4,13H2,1-3H3,(H,22,25). The number of benzene rings is 2. The smallest absolute Gasteiger partial charge is 0.225 e. The van der Waals surface area contributed by atoms with E-state index in [1.807, 2.05) is 55.5 Å². The summed E-state index contributed by atoms with van der Waals surface area (Å²) in [6, 6.07) is 15.8. The van der Waals surface area contributed by atoms with Gasteiger partial charge in [0, 0.05) is 19.0 Å². The fraction of sp³-hybridized carbons (Fsp3) is 0.286. The van der Waals surface area contributed by atoms with E-state index in [-0.39, 0.29) is 18.2 Å². The van der Waals surface area contributed by atoms with Crippen molar-refractivity contribution in [2.24, 2.45) is 0 Å². The maximum atomic E-state index is 12.8. The minimum atomic E-state index is -0.272. The Labute approximate surface area is 153 Å². The lowest BCUT2D eigenvalue weighted by Crippen LogP contribution is -2.18. The Kier molecular flexibility index (Phi) is 5.46. The number of rotatable bonds is 6. The van der Waals surface area contributed by atoms with Crippen LogP contribution in [0.3, 0.4) is 0 Å². The van der Waals surface area contributed by atoms with E-state index >= 15 is 0 Å². The van der Waals surface area contributed by atoms with Crippen molar-refractivity contribution in [1.82, 2.24) is 10.2 Å². The summed E-state index contributed by atoms with van der Waals surface area (Å²) < 4.78 is 5.62. The van der Waals surface area contributed by atoms with Crippen molar-refractivity contribution in [3.05, 3.63) is 77.0 Å². The van der Waals surface area contributed by atoms with Gasteiger partial charge in [0.25, 0.3) is 0 Å². The summed E-state index contributed by atoms with van der Waals surface area (Å²) in [5.41, 5.74) is 4.06. The Morgan fingerprint density at radius 3 is 2.50 bits per heavy atom. The highest BCUT2D eigenvalue weighted by Gasteiger charge is 2.24. The summed E-state index contributed by atoms with van der Waals surface area (Å²) in [5, 5.41) is 11.1. The second kappa shape index (κ2) is 7.95. The minimum absolute atomic E-state index is 0.0706. The van der Waals surface area contributed by atoms with Gasteiger partial charge < -0.3 is 9.73 Å². The van der Waals surface area contributed by atoms with E-state index in [1.54, 1.807) is 6.92 Å². The molecule has 0 aliphatic rings. The van der Waals surface area contributed by atoms with Gasteiger partial charge in [0.2, 0.25) is 17.7 Å². The van der Waals surface area contributed by atoms with Crippen molar-refractivity contribution in [1.29, 1.82) is 0 Å². The molecule has 3 rings (SSSR count). The van der Waals surface area contributed by atoms with Gasteiger partial charge in [0.1, 0.15) is 0 Å². The highest BCUT2D eigenvalue weighted by Crippen LogP contribution is 2.28. The second-order valence-electron chi connectivity index (χ2n) is 6.34. The number of nitrogens with one attached hydrogen (secondary N) is 1. The number of hydrogen-bond donors (Lipinski definition) is 1. The molecule has 1 heterocycles. The largest absolute Gasteiger partial charge is 0.425 e. The van der Waals surface area contributed by atoms with E-state index in [9.17, 15) is 4.79 Å². The van der Waals surface area contributed by atoms with Crippen molar-refractivity contribution in [3.63, 3.8) is 0 Å². The third-order valence-electron chi connectivity index (χ3n) is 4.44. The van der Waals surface area contributed by atoms with Gasteiger partial charge in [-0.1, -0.05) is 55.5 Å². The first-order chi connectivity index (χ1) is 12.6. The van der Waals surface area contributed by atoms with E-state index in [4.69, 9.17) is 4.42 Å². The number of amides is 1. The van der Waals surface area contributed by atoms with Gasteiger partial charge in [-0.2, -0.15) is 0 Å². The van der Waals surface area contributed by atoms with Crippen LogP contribution in [-0.4, -0.2) is 16.1 Å². The van der Waals surface area contributed by atoms with Gasteiger partial charge in [-0.3, -0.25) is 4.79 Å². The maximum Gasteiger partial charge on any atom is 0.225 e. The molecular formula is C21H23N3O2. The Morgan fingerprint density at radius 1 is 1.08 bits per heavy atom. The summed E-state index contributed by atoms with van der Waals surface area (Å²) in [6.45, 7) is 5.84. The first-order valence-electron chi connectivity index (χ1n) is 8.81. The highest BCUT2D eigenvalue weighted by atomic mass is 16.4. The number of carbonyl (C=O) groups excluding carboxylic acids is 1. The molecular weight excluding hydrogens is 326 g/mol. The molecule has 134 valence electrons. The van der Waals surface area contributed by atoms with E-state index in [0.717, 1.165) is 28.8 Å². The van der Waals surface area contributed by atoms with Crippen LogP contribution >= 0.6 is 0 Å². The Hall–Kier alpha value is -2.95. The van der Waals surface area contributed by atoms with Gasteiger partial charge in [0.15, 0.2) is 0 Å². The summed E-state index contributed by atoms with van der Waals surface area (Å²) in [7, 11) is 0. The molecule has 0 aliphatic carbocycles. The molecule has 0 bridgehead atoms. The Morgan fingerprint density at radius 2 is 1.85 bits per heavy atom. The lowest BCUT2D eigenvalue weighted by molar-refractivity contribution is -0.116. The van der Waals surface area contributed by atoms with Gasteiger partial charge in [-0.25, -0.2) is 0 Å². The summed E-state index contributed by atoms with van der Waals surface area (Å²) in [5.74, 6) is 0.614. The molecule has 0 aliphatic heterocycles. The molecule has 3 aromatic rings. The predicted molar refractivity (Wildman–Crippen MR) is 101 cm³/mol. The minimum Gasteiger partial charge on any atom is -0.425 e. The van der Waals surface area contributed by atoms with Gasteiger partial charge in [-0.05, 0) is 30.0 Å². The number of nitrogens with zero attached hydrogens (tertiary/aromatic N) is 2. The van der Waals surface area contributed by atoms with Crippen LogP contribution in [-0.2, 0) is 11.2 Å². The van der Waals surface area contributed by atoms with Crippen LogP contribution < -0.4 is 5.32 Å². The monoisotopic (exact) mass is 349 g/mol. The van der Waals surface area contributed by atoms with E-state index in [1.165, 1.54) is 0 Å². The van der Waals surface area contributed by atoms with Crippen molar-refractivity contribution in [3.8, 4) is 0 Å². The molecule has 26 heavy (non-hydrogen) atoms. The second-order valence-corrected chi connectivity index (χ2v) is 6.34. The zero-order valence-electron chi connectivity index (χ0n) is 15.3. The molecule has 0 radical (unpaired) electrons. The quantitative estimate of drug-likeness (QED) is 0.716. The first-order valence-corrected chi connectivity index (χ1v) is 8.81. The fourth-order valence-corrected chi connectivity index (χ4v) is 3.06. The Balaban J connectivity index is 1.85. The SMILES string of the molecule is CCc1cccc(C)c1NC(=O)CC(c1ccccc1)c1nnc(C)o1. The van der Waals surface area contributed by atoms with E-state index in [0.29, 0.717) is 11.8 Å². The van der Waals surface area contributed by atoms with Crippen molar-refractivity contribution in [2.75, 3.05) is 5.32 Å². The van der Waals surface area contributed by atoms with Crippen molar-refractivity contribution >= 4 is 11.6 Å². The topological polar surface area (TPSA) is 68.0 Å². The number of hydrogen-bond acceptors (Lipinski definition) is 4. The molecule has 0 saturated carbocycles. The van der Waals surface area contributed by atoms with E-state index < -0.39 is 0 Å². The predicted octanol–water partition coefficient (Wildman–Crippen LogP) is 4.41. The fourth-order valence-electron chi connectivity index (χ4n) is 3.06. The summed E-state index contributed by atoms with van der Waals surface area (Å²) in [4.78, 5) is 12.8. The molecule has 1 amide bonds. The third kappa shape index (κ3) is 3.99. The normalized spacial score (nSPS) is 12.0. The van der Waals surface area contributed by atoms with Crippen LogP contribution in [0.1, 0.15) is 47.7 Å². The molecule has 5 nitrogen and oxygen atoms in total. The molecule has 0 spiro atoms. The van der Waals surface area contributed by atoms with Crippen molar-refractivity contribution < 1.29 is 9.21 Å². The average molecular weight is 349 g/mol. The summed E-state index contributed by atoms with van der Waals surface area (Å²) >= 11 is 0. The number of anilines is 1. The molecule has 1 atom stereocenters. The molecule has 0 saturated heterocycles. The summed E-state index contributed by atoms with van der Waals surface area (Å²) in [6.07, 6.45) is 1.10. The number of carbonyl (C=O) groups is 1. The number of para-hydroxylation sites is 1. The van der Waals surface area contributed by atoms with Gasteiger partial charge >= 0.3 is 0 Å². The molecule has 5 heteroatoms. The molecule has 2 aromatic carbocycles. The van der Waals surface area contributed by atoms with E-state index in [2.05, 4.69) is 22.4 Å². The van der Waals surface area contributed by atoms with Crippen LogP contribution in [0.25, 0.3) is 0 Å². The Bertz CT molecular complexity index is 887. The lowest BCUT2D eigenvalue weighted by Gasteiger charge is -2.16. The third-order valence-corrected chi connectivity index (χ3v) is 4.44. The zero-order valence-corrected chi connectivity index (χ0v) is 15.3.